The molecule has 0 bridgehead atoms. The number of aryl methyl sites for hydroxylation is 1. The van der Waals surface area contributed by atoms with Crippen LogP contribution < -0.4 is 9.47 Å². The summed E-state index contributed by atoms with van der Waals surface area (Å²) < 4.78 is 44.4. The monoisotopic (exact) mass is 804 g/mol. The second-order valence-electron chi connectivity index (χ2n) is 16.8. The first kappa shape index (κ1) is 44.1. The summed E-state index contributed by atoms with van der Waals surface area (Å²) in [5.74, 6) is 0.411. The Balaban J connectivity index is 1.11. The fraction of sp³-hybridized carbons (Fsp3) is 0.471. The first-order valence-electron chi connectivity index (χ1n) is 21.4. The summed E-state index contributed by atoms with van der Waals surface area (Å²) in [6.45, 7) is 12.1. The van der Waals surface area contributed by atoms with Crippen molar-refractivity contribution in [3.63, 3.8) is 0 Å². The molecule has 6 rings (SSSR count). The van der Waals surface area contributed by atoms with Gasteiger partial charge in [-0.2, -0.15) is 0 Å². The van der Waals surface area contributed by atoms with E-state index in [0.29, 0.717) is 26.2 Å². The smallest absolute Gasteiger partial charge is 0.308 e. The zero-order valence-electron chi connectivity index (χ0n) is 35.5. The van der Waals surface area contributed by atoms with Crippen molar-refractivity contribution < 1.29 is 38.0 Å². The van der Waals surface area contributed by atoms with Crippen LogP contribution in [0.25, 0.3) is 0 Å². The van der Waals surface area contributed by atoms with Gasteiger partial charge in [-0.25, -0.2) is 0 Å². The molecule has 2 heterocycles. The van der Waals surface area contributed by atoms with E-state index in [0.717, 1.165) is 73.1 Å². The summed E-state index contributed by atoms with van der Waals surface area (Å²) in [6.07, 6.45) is 7.72. The third-order valence-corrected chi connectivity index (χ3v) is 12.0. The Morgan fingerprint density at radius 1 is 0.831 bits per heavy atom. The maximum Gasteiger partial charge on any atom is 0.308 e. The van der Waals surface area contributed by atoms with Crippen molar-refractivity contribution in [2.75, 3.05) is 13.7 Å². The van der Waals surface area contributed by atoms with Crippen LogP contribution in [0.2, 0.25) is 0 Å². The van der Waals surface area contributed by atoms with Crippen molar-refractivity contribution in [1.82, 2.24) is 0 Å². The van der Waals surface area contributed by atoms with E-state index in [4.69, 9.17) is 33.2 Å². The molecule has 2 aliphatic rings. The summed E-state index contributed by atoms with van der Waals surface area (Å²) in [7, 11) is 1.65. The minimum Gasteiger partial charge on any atom is -0.497 e. The number of carbonyl (C=O) groups excluding carboxylic acids is 1. The molecule has 0 N–H and O–H groups in total. The topological polar surface area (TPSA) is 81.7 Å². The van der Waals surface area contributed by atoms with Crippen LogP contribution in [-0.2, 0) is 54.7 Å². The van der Waals surface area contributed by atoms with E-state index in [-0.39, 0.29) is 42.5 Å². The first-order valence-corrected chi connectivity index (χ1v) is 21.4. The molecule has 6 atom stereocenters. The van der Waals surface area contributed by atoms with Crippen LogP contribution in [-0.4, -0.2) is 49.9 Å². The van der Waals surface area contributed by atoms with E-state index in [1.165, 1.54) is 5.56 Å². The fourth-order valence-corrected chi connectivity index (χ4v) is 8.22. The Hall–Kier alpha value is -4.47. The van der Waals surface area contributed by atoms with Crippen LogP contribution in [0.4, 0.5) is 0 Å². The summed E-state index contributed by atoms with van der Waals surface area (Å²) >= 11 is 0. The lowest BCUT2D eigenvalue weighted by Crippen LogP contribution is -2.63. The number of hydrogen-bond donors (Lipinski definition) is 0. The lowest BCUT2D eigenvalue weighted by atomic mass is 9.70. The van der Waals surface area contributed by atoms with Crippen molar-refractivity contribution in [3.05, 3.63) is 144 Å². The highest BCUT2D eigenvalue weighted by molar-refractivity contribution is 5.70. The van der Waals surface area contributed by atoms with Gasteiger partial charge in [0.05, 0.1) is 51.7 Å². The van der Waals surface area contributed by atoms with Crippen LogP contribution in [0.3, 0.4) is 0 Å². The van der Waals surface area contributed by atoms with Gasteiger partial charge in [0.15, 0.2) is 5.79 Å². The highest BCUT2D eigenvalue weighted by atomic mass is 16.7. The van der Waals surface area contributed by atoms with Crippen molar-refractivity contribution in [2.24, 2.45) is 11.3 Å². The quantitative estimate of drug-likeness (QED) is 0.0468. The van der Waals surface area contributed by atoms with E-state index >= 15 is 0 Å². The number of methoxy groups -OCH3 is 1. The first-order chi connectivity index (χ1) is 28.6. The molecule has 2 fully saturated rings. The maximum absolute atomic E-state index is 14.0. The lowest BCUT2D eigenvalue weighted by Gasteiger charge is -2.57. The molecule has 4 aromatic rings. The molecule has 59 heavy (non-hydrogen) atoms. The molecule has 2 aliphatic heterocycles. The average molecular weight is 805 g/mol. The molecule has 0 saturated carbocycles. The number of esters is 1. The van der Waals surface area contributed by atoms with E-state index in [9.17, 15) is 4.79 Å². The van der Waals surface area contributed by atoms with Gasteiger partial charge in [-0.1, -0.05) is 118 Å². The zero-order chi connectivity index (χ0) is 41.5. The van der Waals surface area contributed by atoms with Crippen LogP contribution in [0.15, 0.2) is 122 Å². The van der Waals surface area contributed by atoms with Gasteiger partial charge in [0.2, 0.25) is 0 Å². The van der Waals surface area contributed by atoms with Gasteiger partial charge < -0.3 is 33.2 Å². The van der Waals surface area contributed by atoms with Crippen molar-refractivity contribution in [1.29, 1.82) is 0 Å². The summed E-state index contributed by atoms with van der Waals surface area (Å²) in [5, 5.41) is 0. The molecule has 316 valence electrons. The van der Waals surface area contributed by atoms with Crippen molar-refractivity contribution in [3.8, 4) is 11.5 Å². The largest absolute Gasteiger partial charge is 0.497 e. The van der Waals surface area contributed by atoms with Gasteiger partial charge in [-0.3, -0.25) is 4.79 Å². The Morgan fingerprint density at radius 2 is 1.53 bits per heavy atom. The van der Waals surface area contributed by atoms with Gasteiger partial charge >= 0.3 is 5.97 Å². The van der Waals surface area contributed by atoms with Gasteiger partial charge in [0.25, 0.3) is 0 Å². The molecule has 8 heteroatoms. The second-order valence-corrected chi connectivity index (χ2v) is 16.8. The third-order valence-electron chi connectivity index (χ3n) is 12.0. The number of unbranched alkanes of at least 4 members (excludes halogenated alkanes) is 1. The Labute approximate surface area is 352 Å². The number of benzene rings is 4. The van der Waals surface area contributed by atoms with Gasteiger partial charge in [0, 0.05) is 17.8 Å². The molecule has 0 aromatic heterocycles. The number of ether oxygens (including phenoxy) is 7. The predicted octanol–water partition coefficient (Wildman–Crippen LogP) is 11.0. The second kappa shape index (κ2) is 21.7. The van der Waals surface area contributed by atoms with Gasteiger partial charge in [-0.05, 0) is 85.0 Å². The molecule has 0 amide bonds. The van der Waals surface area contributed by atoms with Crippen molar-refractivity contribution in [2.45, 2.75) is 129 Å². The molecular formula is C51H64O8. The molecule has 0 unspecified atom stereocenters. The number of hydrogen-bond acceptors (Lipinski definition) is 8. The molecule has 0 radical (unpaired) electrons. The Morgan fingerprint density at radius 3 is 2.24 bits per heavy atom. The van der Waals surface area contributed by atoms with Crippen molar-refractivity contribution >= 4 is 5.97 Å². The maximum atomic E-state index is 14.0. The van der Waals surface area contributed by atoms with Crippen LogP contribution in [0.5, 0.6) is 11.5 Å². The van der Waals surface area contributed by atoms with E-state index in [2.05, 4.69) is 57.7 Å². The standard InChI is InChI=1S/C51H64O8/c1-6-16-44-29-30-50(3,4)51(58-44)33-48(38(2)47(59-51)24-14-13-17-39-22-15-23-45(31-39)55-35-41-20-11-8-12-21-41)57-49(52)32-46(37-54-34-40-18-9-7-10-19-40)56-36-42-25-27-43(53-5)28-26-42/h6-12,15,18-23,25-28,31,38,44,46-48H,1,13-14,16-17,24,29-30,32-37H2,2-5H3/t38-,44+,46-,47-,48+,51-/m1/s1. The molecule has 8 nitrogen and oxygen atoms in total. The summed E-state index contributed by atoms with van der Waals surface area (Å²) in [4.78, 5) is 14.0. The van der Waals surface area contributed by atoms with Gasteiger partial charge in [-0.15, -0.1) is 6.58 Å². The molecule has 1 spiro atoms. The molecular weight excluding hydrogens is 741 g/mol. The molecule has 2 saturated heterocycles. The average Bonchev–Trinajstić information content (AvgIpc) is 3.25. The van der Waals surface area contributed by atoms with Crippen LogP contribution >= 0.6 is 0 Å². The fourth-order valence-electron chi connectivity index (χ4n) is 8.22. The Kier molecular flexibility index (Phi) is 16.2. The molecule has 4 aromatic carbocycles. The van der Waals surface area contributed by atoms with E-state index < -0.39 is 18.0 Å². The van der Waals surface area contributed by atoms with E-state index in [1.807, 2.05) is 84.9 Å². The number of rotatable bonds is 21. The van der Waals surface area contributed by atoms with Gasteiger partial charge in [0.1, 0.15) is 24.2 Å². The summed E-state index contributed by atoms with van der Waals surface area (Å²) in [5.41, 5.74) is 4.14. The highest BCUT2D eigenvalue weighted by Crippen LogP contribution is 2.53. The predicted molar refractivity (Wildman–Crippen MR) is 231 cm³/mol. The van der Waals surface area contributed by atoms with E-state index in [1.54, 1.807) is 7.11 Å². The number of carbonyl (C=O) groups is 1. The normalized spacial score (nSPS) is 23.0. The minimum absolute atomic E-state index is 0.000169. The SMILES string of the molecule is C=CC[C@H]1CCC(C)(C)[C@]2(C[C@H](OC(=O)C[C@H](COCc3ccccc3)OCc3ccc(OC)cc3)[C@H](C)[C@@H](CCCCc3cccc(OCc4ccccc4)c3)O2)O1. The zero-order valence-corrected chi connectivity index (χ0v) is 35.5. The third kappa shape index (κ3) is 12.8. The lowest BCUT2D eigenvalue weighted by molar-refractivity contribution is -0.381. The van der Waals surface area contributed by atoms with Crippen LogP contribution in [0, 0.1) is 11.3 Å². The van der Waals surface area contributed by atoms with Crippen LogP contribution in [0.1, 0.15) is 94.4 Å². The minimum atomic E-state index is -0.894. The molecule has 0 aliphatic carbocycles. The summed E-state index contributed by atoms with van der Waals surface area (Å²) in [6, 6.07) is 36.4. The highest BCUT2D eigenvalue weighted by Gasteiger charge is 2.58. The Bertz CT molecular complexity index is 1860.